The van der Waals surface area contributed by atoms with Crippen LogP contribution in [-0.4, -0.2) is 51.0 Å². The zero-order valence-electron chi connectivity index (χ0n) is 10.7. The topological polar surface area (TPSA) is 113 Å². The van der Waals surface area contributed by atoms with Gasteiger partial charge in [0.15, 0.2) is 0 Å². The monoisotopic (exact) mass is 323 g/mol. The maximum atomic E-state index is 11.9. The van der Waals surface area contributed by atoms with E-state index in [1.807, 2.05) is 0 Å². The number of carboxylic acids is 1. The summed E-state index contributed by atoms with van der Waals surface area (Å²) in [6, 6.07) is 2.89. The number of ether oxygens (including phenoxy) is 1. The van der Waals surface area contributed by atoms with E-state index in [0.29, 0.717) is 17.9 Å². The molecule has 0 saturated carbocycles. The molecule has 9 heteroatoms. The molecule has 0 amide bonds. The van der Waals surface area contributed by atoms with Crippen molar-refractivity contribution < 1.29 is 28.2 Å². The second kappa shape index (κ2) is 8.32. The number of sulfonamides is 1. The first kappa shape index (κ1) is 17.1. The van der Waals surface area contributed by atoms with Crippen LogP contribution in [0.4, 0.5) is 0 Å². The third-order valence-corrected chi connectivity index (χ3v) is 5.26. The zero-order chi connectivity index (χ0) is 15.0. The summed E-state index contributed by atoms with van der Waals surface area (Å²) in [4.78, 5) is 11.0. The molecule has 114 valence electrons. The summed E-state index contributed by atoms with van der Waals surface area (Å²) in [6.07, 6.45) is 0.307. The van der Waals surface area contributed by atoms with E-state index in [4.69, 9.17) is 14.9 Å². The summed E-state index contributed by atoms with van der Waals surface area (Å²) in [5.74, 6) is -0.996. The van der Waals surface area contributed by atoms with Crippen LogP contribution in [0.15, 0.2) is 16.3 Å². The predicted molar refractivity (Wildman–Crippen MR) is 73.4 cm³/mol. The van der Waals surface area contributed by atoms with Gasteiger partial charge in [0.05, 0.1) is 19.6 Å². The van der Waals surface area contributed by atoms with Gasteiger partial charge in [0.2, 0.25) is 10.0 Å². The highest BCUT2D eigenvalue weighted by Gasteiger charge is 2.16. The van der Waals surface area contributed by atoms with Crippen LogP contribution in [0.5, 0.6) is 0 Å². The number of aliphatic hydroxyl groups excluding tert-OH is 1. The lowest BCUT2D eigenvalue weighted by Crippen LogP contribution is -2.25. The van der Waals surface area contributed by atoms with Crippen LogP contribution >= 0.6 is 11.3 Å². The molecule has 20 heavy (non-hydrogen) atoms. The molecule has 0 atom stereocenters. The molecule has 0 aliphatic heterocycles. The molecule has 0 aliphatic rings. The molecule has 0 aromatic carbocycles. The van der Waals surface area contributed by atoms with Crippen molar-refractivity contribution in [2.75, 3.05) is 26.4 Å². The number of aliphatic hydroxyl groups is 1. The smallest absolute Gasteiger partial charge is 0.308 e. The van der Waals surface area contributed by atoms with Crippen molar-refractivity contribution in [3.05, 3.63) is 17.0 Å². The fourth-order valence-corrected chi connectivity index (χ4v) is 3.83. The van der Waals surface area contributed by atoms with Gasteiger partial charge >= 0.3 is 5.97 Å². The van der Waals surface area contributed by atoms with Gasteiger partial charge in [-0.1, -0.05) is 0 Å². The van der Waals surface area contributed by atoms with Crippen LogP contribution < -0.4 is 4.72 Å². The first-order chi connectivity index (χ1) is 9.45. The van der Waals surface area contributed by atoms with Crippen molar-refractivity contribution in [1.82, 2.24) is 4.72 Å². The molecule has 0 spiro atoms. The molecule has 0 aliphatic carbocycles. The molecular formula is C11H17NO6S2. The number of carboxylic acid groups (broad SMARTS) is 1. The first-order valence-corrected chi connectivity index (χ1v) is 8.24. The number of nitrogens with one attached hydrogen (secondary N) is 1. The number of aliphatic carboxylic acids is 1. The molecule has 7 nitrogen and oxygen atoms in total. The van der Waals surface area contributed by atoms with Crippen LogP contribution in [0.2, 0.25) is 0 Å². The fourth-order valence-electron chi connectivity index (χ4n) is 1.37. The maximum absolute atomic E-state index is 11.9. The number of rotatable bonds is 10. The molecule has 0 saturated heterocycles. The van der Waals surface area contributed by atoms with Gasteiger partial charge in [0.1, 0.15) is 4.21 Å². The normalized spacial score (nSPS) is 11.7. The summed E-state index contributed by atoms with van der Waals surface area (Å²) < 4.78 is 31.3. The number of hydrogen-bond acceptors (Lipinski definition) is 6. The van der Waals surface area contributed by atoms with Gasteiger partial charge in [0.25, 0.3) is 0 Å². The van der Waals surface area contributed by atoms with E-state index in [1.54, 1.807) is 0 Å². The highest BCUT2D eigenvalue weighted by molar-refractivity contribution is 7.91. The molecule has 1 rings (SSSR count). The third-order valence-electron chi connectivity index (χ3n) is 2.22. The highest BCUT2D eigenvalue weighted by Crippen LogP contribution is 2.21. The molecular weight excluding hydrogens is 306 g/mol. The van der Waals surface area contributed by atoms with Crippen molar-refractivity contribution in [2.24, 2.45) is 0 Å². The van der Waals surface area contributed by atoms with Crippen LogP contribution in [0.25, 0.3) is 0 Å². The van der Waals surface area contributed by atoms with E-state index >= 15 is 0 Å². The van der Waals surface area contributed by atoms with Crippen LogP contribution in [0.1, 0.15) is 11.3 Å². The van der Waals surface area contributed by atoms with E-state index < -0.39 is 16.0 Å². The Kier molecular flexibility index (Phi) is 7.10. The Morgan fingerprint density at radius 2 is 2.10 bits per heavy atom. The molecule has 1 aromatic heterocycles. The van der Waals surface area contributed by atoms with E-state index in [-0.39, 0.29) is 30.4 Å². The minimum Gasteiger partial charge on any atom is -0.481 e. The fraction of sp³-hybridized carbons (Fsp3) is 0.545. The maximum Gasteiger partial charge on any atom is 0.308 e. The average Bonchev–Trinajstić information content (AvgIpc) is 2.82. The molecule has 0 unspecified atom stereocenters. The van der Waals surface area contributed by atoms with Gasteiger partial charge in [-0.25, -0.2) is 13.1 Å². The Labute approximate surface area is 121 Å². The Bertz CT molecular complexity index is 525. The van der Waals surface area contributed by atoms with E-state index in [1.165, 1.54) is 12.1 Å². The zero-order valence-corrected chi connectivity index (χ0v) is 12.4. The number of carbonyl (C=O) groups is 1. The highest BCUT2D eigenvalue weighted by atomic mass is 32.2. The second-order valence-electron chi connectivity index (χ2n) is 3.88. The van der Waals surface area contributed by atoms with E-state index in [9.17, 15) is 13.2 Å². The van der Waals surface area contributed by atoms with Gasteiger partial charge in [-0.05, 0) is 18.6 Å². The molecule has 1 aromatic rings. The Hall–Kier alpha value is -1.00. The van der Waals surface area contributed by atoms with Crippen molar-refractivity contribution in [3.8, 4) is 0 Å². The largest absolute Gasteiger partial charge is 0.481 e. The molecule has 0 radical (unpaired) electrons. The van der Waals surface area contributed by atoms with Crippen LogP contribution in [0, 0.1) is 0 Å². The quantitative estimate of drug-likeness (QED) is 0.525. The average molecular weight is 323 g/mol. The lowest BCUT2D eigenvalue weighted by molar-refractivity contribution is -0.136. The third kappa shape index (κ3) is 5.97. The lowest BCUT2D eigenvalue weighted by Gasteiger charge is -2.05. The van der Waals surface area contributed by atoms with Gasteiger partial charge in [-0.2, -0.15) is 0 Å². The van der Waals surface area contributed by atoms with Crippen molar-refractivity contribution >= 4 is 27.3 Å². The van der Waals surface area contributed by atoms with Gasteiger partial charge in [-0.15, -0.1) is 11.3 Å². The van der Waals surface area contributed by atoms with E-state index in [2.05, 4.69) is 4.72 Å². The summed E-state index contributed by atoms with van der Waals surface area (Å²) >= 11 is 0.944. The first-order valence-electron chi connectivity index (χ1n) is 5.94. The Balaban J connectivity index is 2.43. The van der Waals surface area contributed by atoms with E-state index in [0.717, 1.165) is 11.3 Å². The van der Waals surface area contributed by atoms with Gasteiger partial charge < -0.3 is 14.9 Å². The minimum atomic E-state index is -3.60. The van der Waals surface area contributed by atoms with Crippen molar-refractivity contribution in [2.45, 2.75) is 17.1 Å². The minimum absolute atomic E-state index is 0.0622. The van der Waals surface area contributed by atoms with Crippen LogP contribution in [-0.2, 0) is 26.0 Å². The summed E-state index contributed by atoms with van der Waals surface area (Å²) in [5, 5.41) is 17.1. The SMILES string of the molecule is O=C(O)Cc1ccc(S(=O)(=O)NCCCOCCO)s1. The second-order valence-corrected chi connectivity index (χ2v) is 7.04. The summed E-state index contributed by atoms with van der Waals surface area (Å²) in [7, 11) is -3.60. The molecule has 0 bridgehead atoms. The Morgan fingerprint density at radius 1 is 1.35 bits per heavy atom. The number of hydrogen-bond donors (Lipinski definition) is 3. The van der Waals surface area contributed by atoms with Gasteiger partial charge in [0, 0.05) is 18.0 Å². The standard InChI is InChI=1S/C11H17NO6S2/c13-5-7-18-6-1-4-12-20(16,17)11-3-2-9(19-11)8-10(14)15/h2-3,12-13H,1,4-8H2,(H,14,15). The summed E-state index contributed by atoms with van der Waals surface area (Å²) in [5.41, 5.74) is 0. The lowest BCUT2D eigenvalue weighted by atomic mass is 10.3. The van der Waals surface area contributed by atoms with Crippen molar-refractivity contribution in [1.29, 1.82) is 0 Å². The molecule has 1 heterocycles. The molecule has 0 fully saturated rings. The number of thiophene rings is 1. The summed E-state index contributed by atoms with van der Waals surface area (Å²) in [6.45, 7) is 0.751. The van der Waals surface area contributed by atoms with Crippen molar-refractivity contribution in [3.63, 3.8) is 0 Å². The predicted octanol–water partition coefficient (Wildman–Crippen LogP) is 0.0525. The molecule has 3 N–H and O–H groups in total. The van der Waals surface area contributed by atoms with Crippen LogP contribution in [0.3, 0.4) is 0 Å². The van der Waals surface area contributed by atoms with Gasteiger partial charge in [-0.3, -0.25) is 4.79 Å². The Morgan fingerprint density at radius 3 is 2.75 bits per heavy atom.